The molecule has 0 fully saturated rings. The van der Waals surface area contributed by atoms with E-state index in [-0.39, 0.29) is 23.9 Å². The quantitative estimate of drug-likeness (QED) is 0.149. The van der Waals surface area contributed by atoms with Gasteiger partial charge in [-0.2, -0.15) is 0 Å². The Kier molecular flexibility index (Phi) is 7.83. The van der Waals surface area contributed by atoms with Crippen LogP contribution in [0.4, 0.5) is 17.1 Å². The largest absolute Gasteiger partial charge is 0.508 e. The first-order chi connectivity index (χ1) is 19.4. The molecule has 0 aliphatic rings. The van der Waals surface area contributed by atoms with Gasteiger partial charge < -0.3 is 19.8 Å². The van der Waals surface area contributed by atoms with Gasteiger partial charge in [-0.15, -0.1) is 0 Å². The summed E-state index contributed by atoms with van der Waals surface area (Å²) in [5, 5.41) is 19.6. The third-order valence-corrected chi connectivity index (χ3v) is 7.19. The number of benzene rings is 5. The number of aromatic hydroxyl groups is 2. The zero-order valence-corrected chi connectivity index (χ0v) is 22.3. The normalized spacial score (nSPS) is 11.1. The van der Waals surface area contributed by atoms with Crippen molar-refractivity contribution >= 4 is 23.0 Å². The first-order valence-corrected chi connectivity index (χ1v) is 13.2. The molecule has 5 nitrogen and oxygen atoms in total. The Morgan fingerprint density at radius 1 is 0.625 bits per heavy atom. The molecular weight excluding hydrogens is 498 g/mol. The highest BCUT2D eigenvalue weighted by Crippen LogP contribution is 2.38. The lowest BCUT2D eigenvalue weighted by atomic mass is 9.73. The van der Waals surface area contributed by atoms with Crippen LogP contribution in [0.3, 0.4) is 0 Å². The average Bonchev–Trinajstić information content (AvgIpc) is 2.99. The Balaban J connectivity index is 1.32. The minimum atomic E-state index is -0.532. The highest BCUT2D eigenvalue weighted by Gasteiger charge is 2.30. The van der Waals surface area contributed by atoms with Crippen LogP contribution in [0.2, 0.25) is 0 Å². The van der Waals surface area contributed by atoms with Crippen molar-refractivity contribution in [2.45, 2.75) is 25.2 Å². The topological polar surface area (TPSA) is 70.0 Å². The molecule has 0 aliphatic carbocycles. The number of hydrogen-bond acceptors (Lipinski definition) is 5. The van der Waals surface area contributed by atoms with Gasteiger partial charge >= 0.3 is 5.97 Å². The van der Waals surface area contributed by atoms with Crippen molar-refractivity contribution in [1.29, 1.82) is 0 Å². The second kappa shape index (κ2) is 11.8. The van der Waals surface area contributed by atoms with Crippen molar-refractivity contribution < 1.29 is 19.7 Å². The van der Waals surface area contributed by atoms with E-state index < -0.39 is 5.41 Å². The Bertz CT molecular complexity index is 1450. The van der Waals surface area contributed by atoms with Crippen molar-refractivity contribution in [1.82, 2.24) is 0 Å². The Morgan fingerprint density at radius 2 is 1.05 bits per heavy atom. The maximum Gasteiger partial charge on any atom is 0.311 e. The molecule has 2 N–H and O–H groups in total. The zero-order chi connectivity index (χ0) is 28.0. The minimum Gasteiger partial charge on any atom is -0.508 e. The van der Waals surface area contributed by atoms with Gasteiger partial charge in [0, 0.05) is 28.9 Å². The van der Waals surface area contributed by atoms with E-state index in [0.717, 1.165) is 28.2 Å². The summed E-state index contributed by atoms with van der Waals surface area (Å²) in [5.74, 6) is 0.501. The van der Waals surface area contributed by atoms with Crippen LogP contribution < -0.4 is 9.64 Å². The summed E-state index contributed by atoms with van der Waals surface area (Å²) in [7, 11) is 0. The maximum atomic E-state index is 13.0. The molecule has 0 aliphatic heterocycles. The lowest BCUT2D eigenvalue weighted by molar-refractivity contribution is -0.134. The first kappa shape index (κ1) is 26.6. The number of ether oxygens (including phenoxy) is 1. The van der Waals surface area contributed by atoms with E-state index in [1.54, 1.807) is 24.3 Å². The fourth-order valence-corrected chi connectivity index (χ4v) is 4.91. The molecule has 5 heteroatoms. The molecule has 40 heavy (non-hydrogen) atoms. The summed E-state index contributed by atoms with van der Waals surface area (Å²) in [5.41, 5.74) is 4.38. The van der Waals surface area contributed by atoms with E-state index in [0.29, 0.717) is 12.2 Å². The van der Waals surface area contributed by atoms with Crippen LogP contribution in [-0.4, -0.2) is 16.2 Å². The number of para-hydroxylation sites is 2. The standard InChI is InChI=1S/C35H31NO4/c1-35(26-12-18-31(37)19-13-26,27-14-20-32(38)21-15-27)25-24-34(39)40-33-22-16-30(17-23-33)36(28-8-4-2-5-9-28)29-10-6-3-7-11-29/h2-23,37-38H,24-25H2,1H3. The molecule has 0 atom stereocenters. The molecule has 0 aromatic heterocycles. The number of phenolic OH excluding ortho intramolecular Hbond substituents is 2. The van der Waals surface area contributed by atoms with E-state index in [9.17, 15) is 15.0 Å². The summed E-state index contributed by atoms with van der Waals surface area (Å²) >= 11 is 0. The summed E-state index contributed by atoms with van der Waals surface area (Å²) in [4.78, 5) is 15.1. The number of esters is 1. The smallest absolute Gasteiger partial charge is 0.311 e. The molecule has 5 aromatic rings. The van der Waals surface area contributed by atoms with Crippen LogP contribution in [0.25, 0.3) is 0 Å². The van der Waals surface area contributed by atoms with Gasteiger partial charge in [0.25, 0.3) is 0 Å². The third kappa shape index (κ3) is 6.00. The lowest BCUT2D eigenvalue weighted by Gasteiger charge is -2.31. The Hall–Kier alpha value is -5.03. The first-order valence-electron chi connectivity index (χ1n) is 13.2. The summed E-state index contributed by atoms with van der Waals surface area (Å²) < 4.78 is 5.73. The van der Waals surface area contributed by atoms with Crippen LogP contribution in [0.15, 0.2) is 133 Å². The number of anilines is 3. The van der Waals surface area contributed by atoms with Crippen LogP contribution >= 0.6 is 0 Å². The molecule has 0 heterocycles. The van der Waals surface area contributed by atoms with Gasteiger partial charge in [-0.05, 0) is 90.3 Å². The van der Waals surface area contributed by atoms with Gasteiger partial charge in [-0.1, -0.05) is 67.6 Å². The Labute approximate surface area is 234 Å². The van der Waals surface area contributed by atoms with E-state index in [4.69, 9.17) is 4.74 Å². The van der Waals surface area contributed by atoms with Crippen molar-refractivity contribution in [2.24, 2.45) is 0 Å². The van der Waals surface area contributed by atoms with E-state index >= 15 is 0 Å². The maximum absolute atomic E-state index is 13.0. The molecule has 0 radical (unpaired) electrons. The number of phenols is 2. The van der Waals surface area contributed by atoms with E-state index in [1.165, 1.54) is 0 Å². The number of nitrogens with zero attached hydrogens (tertiary/aromatic N) is 1. The van der Waals surface area contributed by atoms with Crippen LogP contribution in [0.1, 0.15) is 30.9 Å². The highest BCUT2D eigenvalue weighted by atomic mass is 16.5. The van der Waals surface area contributed by atoms with Crippen LogP contribution in [0, 0.1) is 0 Å². The Morgan fingerprint density at radius 3 is 1.50 bits per heavy atom. The van der Waals surface area contributed by atoms with Crippen LogP contribution in [-0.2, 0) is 10.2 Å². The SMILES string of the molecule is CC(CCC(=O)Oc1ccc(N(c2ccccc2)c2ccccc2)cc1)(c1ccc(O)cc1)c1ccc(O)cc1. The molecule has 0 spiro atoms. The van der Waals surface area contributed by atoms with Crippen molar-refractivity contribution in [3.05, 3.63) is 145 Å². The molecule has 5 rings (SSSR count). The molecular formula is C35H31NO4. The zero-order valence-electron chi connectivity index (χ0n) is 22.3. The third-order valence-electron chi connectivity index (χ3n) is 7.19. The molecule has 5 aromatic carbocycles. The molecule has 0 saturated heterocycles. The minimum absolute atomic E-state index is 0.178. The van der Waals surface area contributed by atoms with Crippen molar-refractivity contribution in [2.75, 3.05) is 4.90 Å². The highest BCUT2D eigenvalue weighted by molar-refractivity contribution is 5.77. The van der Waals surface area contributed by atoms with Gasteiger partial charge in [0.05, 0.1) is 0 Å². The number of carbonyl (C=O) groups excluding carboxylic acids is 1. The predicted octanol–water partition coefficient (Wildman–Crippen LogP) is 8.26. The number of rotatable bonds is 9. The van der Waals surface area contributed by atoms with Crippen molar-refractivity contribution in [3.8, 4) is 17.2 Å². The van der Waals surface area contributed by atoms with Gasteiger partial charge in [-0.25, -0.2) is 0 Å². The predicted molar refractivity (Wildman–Crippen MR) is 159 cm³/mol. The average molecular weight is 530 g/mol. The monoisotopic (exact) mass is 529 g/mol. The number of carbonyl (C=O) groups is 1. The van der Waals surface area contributed by atoms with Crippen molar-refractivity contribution in [3.63, 3.8) is 0 Å². The summed E-state index contributed by atoms with van der Waals surface area (Å²) in [6.45, 7) is 2.05. The molecule has 0 saturated carbocycles. The number of hydrogen-bond donors (Lipinski definition) is 2. The van der Waals surface area contributed by atoms with E-state index in [1.807, 2.05) is 84.9 Å². The van der Waals surface area contributed by atoms with Gasteiger partial charge in [0.1, 0.15) is 17.2 Å². The molecule has 0 bridgehead atoms. The molecule has 200 valence electrons. The lowest BCUT2D eigenvalue weighted by Crippen LogP contribution is -2.25. The molecule has 0 amide bonds. The van der Waals surface area contributed by atoms with Gasteiger partial charge in [0.2, 0.25) is 0 Å². The summed E-state index contributed by atoms with van der Waals surface area (Å²) in [6, 6.07) is 41.7. The van der Waals surface area contributed by atoms with E-state index in [2.05, 4.69) is 36.1 Å². The second-order valence-electron chi connectivity index (χ2n) is 9.90. The van der Waals surface area contributed by atoms with Gasteiger partial charge in [-0.3, -0.25) is 4.79 Å². The fraction of sp³-hybridized carbons (Fsp3) is 0.114. The van der Waals surface area contributed by atoms with Gasteiger partial charge in [0.15, 0.2) is 0 Å². The molecule has 0 unspecified atom stereocenters. The second-order valence-corrected chi connectivity index (χ2v) is 9.90. The fourth-order valence-electron chi connectivity index (χ4n) is 4.91. The van der Waals surface area contributed by atoms with Crippen LogP contribution in [0.5, 0.6) is 17.2 Å². The summed E-state index contributed by atoms with van der Waals surface area (Å²) in [6.07, 6.45) is 0.662.